The Hall–Kier alpha value is -4.66. The molecule has 0 radical (unpaired) electrons. The van der Waals surface area contributed by atoms with Crippen LogP contribution < -0.4 is 0 Å². The smallest absolute Gasteiger partial charge is 0.0478 e. The highest BCUT2D eigenvalue weighted by Gasteiger charge is 2.21. The number of hydrogen-bond acceptors (Lipinski definition) is 1. The van der Waals surface area contributed by atoms with Crippen molar-refractivity contribution in [1.82, 2.24) is 4.98 Å². The van der Waals surface area contributed by atoms with Gasteiger partial charge >= 0.3 is 0 Å². The molecule has 0 fully saturated rings. The third kappa shape index (κ3) is 2.65. The number of para-hydroxylation sites is 1. The molecule has 0 saturated heterocycles. The first kappa shape index (κ1) is 20.4. The highest BCUT2D eigenvalue weighted by molar-refractivity contribution is 7.27. The Morgan fingerprint density at radius 3 is 1.92 bits per heavy atom. The molecule has 9 aromatic rings. The van der Waals surface area contributed by atoms with Crippen LogP contribution in [-0.2, 0) is 0 Å². The lowest BCUT2D eigenvalue weighted by Gasteiger charge is -2.09. The van der Waals surface area contributed by atoms with Gasteiger partial charge in [0.1, 0.15) is 0 Å². The van der Waals surface area contributed by atoms with Crippen molar-refractivity contribution in [3.63, 3.8) is 0 Å². The van der Waals surface area contributed by atoms with Crippen molar-refractivity contribution in [1.29, 1.82) is 0 Å². The summed E-state index contributed by atoms with van der Waals surface area (Å²) in [6, 6.07) is 44.4. The Kier molecular flexibility index (Phi) is 3.99. The zero-order valence-corrected chi connectivity index (χ0v) is 21.3. The van der Waals surface area contributed by atoms with Gasteiger partial charge in [0.15, 0.2) is 0 Å². The molecule has 9 rings (SSSR count). The van der Waals surface area contributed by atoms with Crippen molar-refractivity contribution in [3.8, 4) is 11.1 Å². The summed E-state index contributed by atoms with van der Waals surface area (Å²) >= 11 is 1.95. The van der Waals surface area contributed by atoms with Gasteiger partial charge in [-0.05, 0) is 50.7 Å². The molecule has 0 atom stereocenters. The topological polar surface area (TPSA) is 15.8 Å². The second-order valence-electron chi connectivity index (χ2n) is 10.2. The van der Waals surface area contributed by atoms with Crippen molar-refractivity contribution >= 4 is 85.6 Å². The van der Waals surface area contributed by atoms with Crippen molar-refractivity contribution in [3.05, 3.63) is 121 Å². The van der Waals surface area contributed by atoms with Crippen LogP contribution in [0.3, 0.4) is 0 Å². The van der Waals surface area contributed by atoms with E-state index < -0.39 is 0 Å². The van der Waals surface area contributed by atoms with Crippen LogP contribution in [0, 0.1) is 0 Å². The van der Waals surface area contributed by atoms with Gasteiger partial charge in [-0.3, -0.25) is 0 Å². The van der Waals surface area contributed by atoms with Gasteiger partial charge in [-0.1, -0.05) is 103 Å². The van der Waals surface area contributed by atoms with E-state index in [1.165, 1.54) is 85.4 Å². The molecule has 176 valence electrons. The van der Waals surface area contributed by atoms with Crippen LogP contribution >= 0.6 is 11.3 Å². The number of fused-ring (bicyclic) bond motifs is 13. The quantitative estimate of drug-likeness (QED) is 0.216. The summed E-state index contributed by atoms with van der Waals surface area (Å²) in [5.74, 6) is 0. The fourth-order valence-corrected chi connectivity index (χ4v) is 7.88. The fraction of sp³-hybridized carbons (Fsp3) is 0. The van der Waals surface area contributed by atoms with Crippen LogP contribution in [-0.4, -0.2) is 4.98 Å². The first-order valence-electron chi connectivity index (χ1n) is 13.0. The maximum absolute atomic E-state index is 3.76. The van der Waals surface area contributed by atoms with Crippen molar-refractivity contribution in [2.75, 3.05) is 0 Å². The van der Waals surface area contributed by atoms with Gasteiger partial charge in [-0.2, -0.15) is 0 Å². The predicted octanol–water partition coefficient (Wildman–Crippen LogP) is 10.8. The minimum Gasteiger partial charge on any atom is -0.354 e. The summed E-state index contributed by atoms with van der Waals surface area (Å²) in [5.41, 5.74) is 4.93. The Balaban J connectivity index is 1.58. The molecule has 2 aromatic heterocycles. The van der Waals surface area contributed by atoms with Crippen molar-refractivity contribution in [2.24, 2.45) is 0 Å². The molecule has 7 aromatic carbocycles. The molecule has 0 bridgehead atoms. The molecule has 1 N–H and O–H groups in total. The minimum atomic E-state index is 1.18. The lowest BCUT2D eigenvalue weighted by molar-refractivity contribution is 1.55. The van der Waals surface area contributed by atoms with Gasteiger partial charge < -0.3 is 4.98 Å². The number of aromatic amines is 1. The number of rotatable bonds is 1. The average Bonchev–Trinajstić information content (AvgIpc) is 3.55. The van der Waals surface area contributed by atoms with Gasteiger partial charge in [0.25, 0.3) is 0 Å². The second kappa shape index (κ2) is 7.44. The lowest BCUT2D eigenvalue weighted by atomic mass is 9.93. The third-order valence-corrected chi connectivity index (χ3v) is 9.40. The highest BCUT2D eigenvalue weighted by Crippen LogP contribution is 2.50. The molecule has 0 saturated carbocycles. The van der Waals surface area contributed by atoms with Gasteiger partial charge in [-0.25, -0.2) is 0 Å². The summed E-state index contributed by atoms with van der Waals surface area (Å²) in [7, 11) is 0. The first-order chi connectivity index (χ1) is 18.8. The number of hydrogen-bond donors (Lipinski definition) is 1. The van der Waals surface area contributed by atoms with Crippen molar-refractivity contribution < 1.29 is 0 Å². The number of thiophene rings is 1. The van der Waals surface area contributed by atoms with E-state index >= 15 is 0 Å². The zero-order chi connectivity index (χ0) is 24.8. The largest absolute Gasteiger partial charge is 0.354 e. The van der Waals surface area contributed by atoms with Crippen LogP contribution in [0.2, 0.25) is 0 Å². The molecular formula is C36H21NS. The van der Waals surface area contributed by atoms with Crippen LogP contribution in [0.5, 0.6) is 0 Å². The van der Waals surface area contributed by atoms with E-state index in [1.807, 2.05) is 11.3 Å². The molecule has 2 heteroatoms. The molecular weight excluding hydrogens is 478 g/mol. The minimum absolute atomic E-state index is 1.18. The van der Waals surface area contributed by atoms with Gasteiger partial charge in [-0.15, -0.1) is 11.3 Å². The van der Waals surface area contributed by atoms with E-state index in [0.29, 0.717) is 0 Å². The van der Waals surface area contributed by atoms with E-state index in [0.717, 1.165) is 0 Å². The monoisotopic (exact) mass is 499 g/mol. The lowest BCUT2D eigenvalue weighted by Crippen LogP contribution is -1.83. The summed E-state index contributed by atoms with van der Waals surface area (Å²) in [5, 5.41) is 13.2. The number of benzene rings is 7. The van der Waals surface area contributed by atoms with Crippen LogP contribution in [0.1, 0.15) is 0 Å². The third-order valence-electron chi connectivity index (χ3n) is 8.15. The SMILES string of the molecule is c1ccc2cc(-c3cc4[nH]c5ccccc5c4c4c3sc3c5ccccc5c5ccccc5c34)ccc2c1. The van der Waals surface area contributed by atoms with E-state index in [2.05, 4.69) is 126 Å². The van der Waals surface area contributed by atoms with Crippen LogP contribution in [0.15, 0.2) is 121 Å². The average molecular weight is 500 g/mol. The van der Waals surface area contributed by atoms with E-state index in [1.54, 1.807) is 0 Å². The first-order valence-corrected chi connectivity index (χ1v) is 13.8. The predicted molar refractivity (Wildman–Crippen MR) is 167 cm³/mol. The van der Waals surface area contributed by atoms with Gasteiger partial charge in [0.05, 0.1) is 0 Å². The van der Waals surface area contributed by atoms with E-state index in [-0.39, 0.29) is 0 Å². The van der Waals surface area contributed by atoms with Crippen LogP contribution in [0.25, 0.3) is 85.4 Å². The molecule has 0 aliphatic carbocycles. The normalized spacial score (nSPS) is 12.2. The standard InChI is InChI=1S/C36H21NS/c1-2-10-22-19-23(18-17-21(22)9-1)29-20-31-32(28-15-7-8-16-30(28)37-31)34-33-26-13-5-3-11-24(26)25-12-4-6-14-27(25)35(33)38-36(29)34/h1-20,37H. The summed E-state index contributed by atoms with van der Waals surface area (Å²) in [6.45, 7) is 0. The molecule has 0 aliphatic rings. The molecule has 0 spiro atoms. The number of H-pyrrole nitrogens is 1. The Morgan fingerprint density at radius 1 is 0.421 bits per heavy atom. The molecule has 1 nitrogen and oxygen atoms in total. The Bertz CT molecular complexity index is 2400. The summed E-state index contributed by atoms with van der Waals surface area (Å²) < 4.78 is 2.73. The fourth-order valence-electron chi connectivity index (χ4n) is 6.48. The molecule has 0 unspecified atom stereocenters. The molecule has 0 aliphatic heterocycles. The zero-order valence-electron chi connectivity index (χ0n) is 20.5. The number of aromatic nitrogens is 1. The molecule has 0 amide bonds. The molecule has 2 heterocycles. The van der Waals surface area contributed by atoms with Crippen LogP contribution in [0.4, 0.5) is 0 Å². The van der Waals surface area contributed by atoms with E-state index in [4.69, 9.17) is 0 Å². The number of nitrogens with one attached hydrogen (secondary N) is 1. The molecule has 38 heavy (non-hydrogen) atoms. The Labute approximate surface area is 222 Å². The highest BCUT2D eigenvalue weighted by atomic mass is 32.1. The Morgan fingerprint density at radius 2 is 1.08 bits per heavy atom. The second-order valence-corrected chi connectivity index (χ2v) is 11.2. The van der Waals surface area contributed by atoms with Gasteiger partial charge in [0.2, 0.25) is 0 Å². The van der Waals surface area contributed by atoms with Crippen molar-refractivity contribution in [2.45, 2.75) is 0 Å². The summed E-state index contributed by atoms with van der Waals surface area (Å²) in [6.07, 6.45) is 0. The van der Waals surface area contributed by atoms with E-state index in [9.17, 15) is 0 Å². The van der Waals surface area contributed by atoms with Gasteiger partial charge in [0, 0.05) is 52.9 Å². The maximum Gasteiger partial charge on any atom is 0.0478 e. The maximum atomic E-state index is 3.76. The summed E-state index contributed by atoms with van der Waals surface area (Å²) in [4.78, 5) is 3.76.